The molecule has 1 rings (SSSR count). The van der Waals surface area contributed by atoms with Gasteiger partial charge in [-0.2, -0.15) is 0 Å². The molecular formula is C9H9IO2. The summed E-state index contributed by atoms with van der Waals surface area (Å²) in [5, 5.41) is 8.64. The van der Waals surface area contributed by atoms with Crippen LogP contribution in [0.15, 0.2) is 30.3 Å². The summed E-state index contributed by atoms with van der Waals surface area (Å²) < 4.78 is -0.329. The number of carboxylic acids is 1. The van der Waals surface area contributed by atoms with Crippen molar-refractivity contribution < 1.29 is 9.90 Å². The molecular weight excluding hydrogens is 267 g/mol. The lowest BCUT2D eigenvalue weighted by Crippen LogP contribution is -2.14. The van der Waals surface area contributed by atoms with Crippen LogP contribution >= 0.6 is 22.6 Å². The van der Waals surface area contributed by atoms with Gasteiger partial charge in [-0.15, -0.1) is 0 Å². The van der Waals surface area contributed by atoms with Crippen LogP contribution in [0, 0.1) is 0 Å². The summed E-state index contributed by atoms with van der Waals surface area (Å²) in [5.41, 5.74) is 1.07. The molecule has 0 aliphatic heterocycles. The van der Waals surface area contributed by atoms with Gasteiger partial charge in [-0.3, -0.25) is 4.79 Å². The lowest BCUT2D eigenvalue weighted by molar-refractivity contribution is -0.135. The van der Waals surface area contributed by atoms with Crippen molar-refractivity contribution in [2.45, 2.75) is 10.3 Å². The van der Waals surface area contributed by atoms with Crippen LogP contribution in [0.2, 0.25) is 0 Å². The van der Waals surface area contributed by atoms with E-state index < -0.39 is 5.97 Å². The van der Waals surface area contributed by atoms with Crippen LogP contribution < -0.4 is 0 Å². The molecule has 1 N–H and O–H groups in total. The van der Waals surface area contributed by atoms with Crippen molar-refractivity contribution in [1.29, 1.82) is 0 Å². The van der Waals surface area contributed by atoms with Gasteiger partial charge in [0.2, 0.25) is 0 Å². The second-order valence-electron chi connectivity index (χ2n) is 2.50. The SMILES string of the molecule is O=C(O)[C@@H](I)Cc1ccccc1. The molecule has 12 heavy (non-hydrogen) atoms. The number of aliphatic carboxylic acids is 1. The second-order valence-corrected chi connectivity index (χ2v) is 4.00. The minimum atomic E-state index is -0.751. The average molecular weight is 276 g/mol. The Bertz CT molecular complexity index is 258. The third-order valence-electron chi connectivity index (χ3n) is 1.53. The maximum Gasteiger partial charge on any atom is 0.316 e. The van der Waals surface area contributed by atoms with Gasteiger partial charge in [-0.1, -0.05) is 52.9 Å². The van der Waals surface area contributed by atoms with Crippen LogP contribution in [-0.2, 0) is 11.2 Å². The Balaban J connectivity index is 2.58. The zero-order chi connectivity index (χ0) is 8.97. The third kappa shape index (κ3) is 2.81. The minimum Gasteiger partial charge on any atom is -0.480 e. The molecule has 1 aromatic carbocycles. The molecule has 0 bridgehead atoms. The smallest absolute Gasteiger partial charge is 0.316 e. The molecule has 0 aromatic heterocycles. The highest BCUT2D eigenvalue weighted by Crippen LogP contribution is 2.09. The summed E-state index contributed by atoms with van der Waals surface area (Å²) in [4.78, 5) is 10.5. The standard InChI is InChI=1S/C9H9IO2/c10-8(9(11)12)6-7-4-2-1-3-5-7/h1-5,8H,6H2,(H,11,12)/t8-/m0/s1. The monoisotopic (exact) mass is 276 g/mol. The fourth-order valence-electron chi connectivity index (χ4n) is 0.908. The van der Waals surface area contributed by atoms with E-state index >= 15 is 0 Å². The molecule has 2 nitrogen and oxygen atoms in total. The van der Waals surface area contributed by atoms with Gasteiger partial charge in [-0.05, 0) is 12.0 Å². The number of halogens is 1. The Morgan fingerprint density at radius 1 is 1.42 bits per heavy atom. The molecule has 64 valence electrons. The summed E-state index contributed by atoms with van der Waals surface area (Å²) in [5.74, 6) is -0.751. The third-order valence-corrected chi connectivity index (χ3v) is 2.50. The van der Waals surface area contributed by atoms with Gasteiger partial charge in [-0.25, -0.2) is 0 Å². The molecule has 1 atom stereocenters. The Morgan fingerprint density at radius 2 is 2.00 bits per heavy atom. The maximum absolute atomic E-state index is 10.5. The van der Waals surface area contributed by atoms with E-state index in [1.165, 1.54) is 0 Å². The van der Waals surface area contributed by atoms with Crippen molar-refractivity contribution in [1.82, 2.24) is 0 Å². The second kappa shape index (κ2) is 4.45. The van der Waals surface area contributed by atoms with E-state index in [2.05, 4.69) is 0 Å². The van der Waals surface area contributed by atoms with E-state index in [0.29, 0.717) is 6.42 Å². The van der Waals surface area contributed by atoms with Crippen molar-refractivity contribution >= 4 is 28.6 Å². The highest BCUT2D eigenvalue weighted by atomic mass is 127. The Kier molecular flexibility index (Phi) is 3.52. The summed E-state index contributed by atoms with van der Waals surface area (Å²) in [6.07, 6.45) is 0.594. The molecule has 0 fully saturated rings. The Hall–Kier alpha value is -0.580. The zero-order valence-electron chi connectivity index (χ0n) is 6.40. The number of benzene rings is 1. The molecule has 0 saturated heterocycles. The first-order chi connectivity index (χ1) is 5.70. The Morgan fingerprint density at radius 3 is 2.50 bits per heavy atom. The first kappa shape index (κ1) is 9.51. The number of alkyl halides is 1. The van der Waals surface area contributed by atoms with Crippen molar-refractivity contribution in [2.24, 2.45) is 0 Å². The molecule has 0 radical (unpaired) electrons. The molecule has 0 heterocycles. The van der Waals surface area contributed by atoms with Crippen molar-refractivity contribution in [3.8, 4) is 0 Å². The fraction of sp³-hybridized carbons (Fsp3) is 0.222. The molecule has 0 aliphatic carbocycles. The summed E-state index contributed by atoms with van der Waals surface area (Å²) >= 11 is 1.94. The molecule has 0 aliphatic rings. The number of rotatable bonds is 3. The van der Waals surface area contributed by atoms with Crippen molar-refractivity contribution in [3.63, 3.8) is 0 Å². The lowest BCUT2D eigenvalue weighted by atomic mass is 10.1. The van der Waals surface area contributed by atoms with E-state index in [0.717, 1.165) is 5.56 Å². The van der Waals surface area contributed by atoms with Crippen LogP contribution in [0.25, 0.3) is 0 Å². The fourth-order valence-corrected chi connectivity index (χ4v) is 1.42. The molecule has 0 amide bonds. The van der Waals surface area contributed by atoms with E-state index in [9.17, 15) is 4.79 Å². The molecule has 0 spiro atoms. The lowest BCUT2D eigenvalue weighted by Gasteiger charge is -2.03. The van der Waals surface area contributed by atoms with Crippen LogP contribution in [0.1, 0.15) is 5.56 Å². The highest BCUT2D eigenvalue weighted by Gasteiger charge is 2.12. The van der Waals surface area contributed by atoms with Gasteiger partial charge in [0.25, 0.3) is 0 Å². The van der Waals surface area contributed by atoms with Gasteiger partial charge in [0.1, 0.15) is 3.92 Å². The normalized spacial score (nSPS) is 12.4. The first-order valence-corrected chi connectivity index (χ1v) is 4.85. The van der Waals surface area contributed by atoms with E-state index in [1.807, 2.05) is 52.9 Å². The maximum atomic E-state index is 10.5. The topological polar surface area (TPSA) is 37.3 Å². The zero-order valence-corrected chi connectivity index (χ0v) is 8.56. The molecule has 1 aromatic rings. The van der Waals surface area contributed by atoms with Crippen molar-refractivity contribution in [2.75, 3.05) is 0 Å². The summed E-state index contributed by atoms with van der Waals surface area (Å²) in [7, 11) is 0. The predicted octanol–water partition coefficient (Wildman–Crippen LogP) is 2.12. The average Bonchev–Trinajstić information content (AvgIpc) is 2.06. The quantitative estimate of drug-likeness (QED) is 0.678. The summed E-state index contributed by atoms with van der Waals surface area (Å²) in [6.45, 7) is 0. The number of carbonyl (C=O) groups is 1. The van der Waals surface area contributed by atoms with Crippen LogP contribution in [0.4, 0.5) is 0 Å². The summed E-state index contributed by atoms with van der Waals surface area (Å²) in [6, 6.07) is 9.64. The molecule has 3 heteroatoms. The van der Waals surface area contributed by atoms with Gasteiger partial charge < -0.3 is 5.11 Å². The largest absolute Gasteiger partial charge is 0.480 e. The van der Waals surface area contributed by atoms with E-state index in [-0.39, 0.29) is 3.92 Å². The minimum absolute atomic E-state index is 0.329. The van der Waals surface area contributed by atoms with Crippen molar-refractivity contribution in [3.05, 3.63) is 35.9 Å². The highest BCUT2D eigenvalue weighted by molar-refractivity contribution is 14.1. The van der Waals surface area contributed by atoms with Crippen LogP contribution in [0.5, 0.6) is 0 Å². The number of hydrogen-bond acceptors (Lipinski definition) is 1. The van der Waals surface area contributed by atoms with Gasteiger partial charge >= 0.3 is 5.97 Å². The van der Waals surface area contributed by atoms with E-state index in [1.54, 1.807) is 0 Å². The number of carboxylic acid groups (broad SMARTS) is 1. The molecule has 0 saturated carbocycles. The van der Waals surface area contributed by atoms with Gasteiger partial charge in [0.15, 0.2) is 0 Å². The Labute approximate surface area is 84.7 Å². The van der Waals surface area contributed by atoms with Gasteiger partial charge in [0.05, 0.1) is 0 Å². The van der Waals surface area contributed by atoms with Crippen LogP contribution in [-0.4, -0.2) is 15.0 Å². The predicted molar refractivity (Wildman–Crippen MR) is 55.6 cm³/mol. The van der Waals surface area contributed by atoms with Gasteiger partial charge in [0, 0.05) is 0 Å². The van der Waals surface area contributed by atoms with Crippen LogP contribution in [0.3, 0.4) is 0 Å². The molecule has 0 unspecified atom stereocenters. The first-order valence-electron chi connectivity index (χ1n) is 3.61. The van der Waals surface area contributed by atoms with E-state index in [4.69, 9.17) is 5.11 Å². The number of hydrogen-bond donors (Lipinski definition) is 1.